The van der Waals surface area contributed by atoms with Crippen LogP contribution in [0.4, 0.5) is 0 Å². The van der Waals surface area contributed by atoms with Crippen LogP contribution in [0.5, 0.6) is 0 Å². The fourth-order valence-corrected chi connectivity index (χ4v) is 1.45. The Morgan fingerprint density at radius 3 is 3.00 bits per heavy atom. The van der Waals surface area contributed by atoms with Gasteiger partial charge in [-0.25, -0.2) is 0 Å². The maximum atomic E-state index is 5.43. The van der Waals surface area contributed by atoms with Gasteiger partial charge in [-0.1, -0.05) is 17.4 Å². The third-order valence-corrected chi connectivity index (χ3v) is 1.92. The van der Waals surface area contributed by atoms with Crippen LogP contribution in [0.1, 0.15) is 12.6 Å². The second kappa shape index (κ2) is 5.63. The van der Waals surface area contributed by atoms with E-state index in [9.17, 15) is 0 Å². The zero-order valence-electron chi connectivity index (χ0n) is 9.48. The lowest BCUT2D eigenvalue weighted by molar-refractivity contribution is 0.351. The predicted molar refractivity (Wildman–Crippen MR) is 60.2 cm³/mol. The van der Waals surface area contributed by atoms with Crippen molar-refractivity contribution >= 4 is 0 Å². The van der Waals surface area contributed by atoms with Crippen LogP contribution in [0.2, 0.25) is 0 Å². The second-order valence-corrected chi connectivity index (χ2v) is 3.89. The zero-order valence-corrected chi connectivity index (χ0v) is 9.48. The maximum Gasteiger partial charge on any atom is 0.0967 e. The van der Waals surface area contributed by atoms with Gasteiger partial charge in [0.25, 0.3) is 0 Å². The fourth-order valence-electron chi connectivity index (χ4n) is 1.45. The molecule has 0 aliphatic heterocycles. The first-order valence-corrected chi connectivity index (χ1v) is 5.04. The molecule has 0 unspecified atom stereocenters. The molecule has 0 saturated carbocycles. The molecular weight excluding hydrogens is 190 g/mol. The number of rotatable bonds is 6. The molecule has 1 rings (SSSR count). The standard InChI is InChI=1S/C10H19N5/c1-9(2)6-14(3)7-10-8-15(5-4-11)13-12-10/h8H,1,4-7,11H2,2-3H3. The van der Waals surface area contributed by atoms with Crippen LogP contribution in [-0.4, -0.2) is 40.0 Å². The normalized spacial score (nSPS) is 10.9. The summed E-state index contributed by atoms with van der Waals surface area (Å²) < 4.78 is 1.77. The summed E-state index contributed by atoms with van der Waals surface area (Å²) in [5.74, 6) is 0. The summed E-state index contributed by atoms with van der Waals surface area (Å²) in [5, 5.41) is 8.04. The van der Waals surface area contributed by atoms with Crippen molar-refractivity contribution in [2.24, 2.45) is 5.73 Å². The lowest BCUT2D eigenvalue weighted by atomic mass is 10.3. The van der Waals surface area contributed by atoms with Gasteiger partial charge in [-0.15, -0.1) is 5.10 Å². The molecule has 0 bridgehead atoms. The molecule has 0 radical (unpaired) electrons. The van der Waals surface area contributed by atoms with Gasteiger partial charge >= 0.3 is 0 Å². The molecule has 15 heavy (non-hydrogen) atoms. The van der Waals surface area contributed by atoms with Crippen LogP contribution in [0, 0.1) is 0 Å². The average molecular weight is 209 g/mol. The van der Waals surface area contributed by atoms with Gasteiger partial charge in [0.15, 0.2) is 0 Å². The Balaban J connectivity index is 2.45. The number of nitrogens with zero attached hydrogens (tertiary/aromatic N) is 4. The third-order valence-electron chi connectivity index (χ3n) is 1.92. The minimum atomic E-state index is 0.588. The van der Waals surface area contributed by atoms with Gasteiger partial charge < -0.3 is 5.73 Å². The van der Waals surface area contributed by atoms with E-state index in [2.05, 4.69) is 21.8 Å². The summed E-state index contributed by atoms with van der Waals surface area (Å²) in [7, 11) is 2.04. The Hall–Kier alpha value is -1.20. The van der Waals surface area contributed by atoms with E-state index < -0.39 is 0 Å². The van der Waals surface area contributed by atoms with E-state index in [1.807, 2.05) is 20.2 Å². The quantitative estimate of drug-likeness (QED) is 0.682. The molecule has 5 nitrogen and oxygen atoms in total. The van der Waals surface area contributed by atoms with Gasteiger partial charge in [0.2, 0.25) is 0 Å². The van der Waals surface area contributed by atoms with Gasteiger partial charge in [-0.3, -0.25) is 9.58 Å². The van der Waals surface area contributed by atoms with Crippen molar-refractivity contribution in [3.8, 4) is 0 Å². The highest BCUT2D eigenvalue weighted by Gasteiger charge is 2.04. The SMILES string of the molecule is C=C(C)CN(C)Cc1cn(CCN)nn1. The maximum absolute atomic E-state index is 5.43. The highest BCUT2D eigenvalue weighted by atomic mass is 15.4. The number of nitrogens with two attached hydrogens (primary N) is 1. The largest absolute Gasteiger partial charge is 0.329 e. The van der Waals surface area contributed by atoms with E-state index in [1.165, 1.54) is 0 Å². The van der Waals surface area contributed by atoms with Crippen molar-refractivity contribution in [1.82, 2.24) is 19.9 Å². The summed E-state index contributed by atoms with van der Waals surface area (Å²) in [4.78, 5) is 2.15. The molecule has 0 aromatic carbocycles. The molecule has 1 aromatic heterocycles. The Labute approximate surface area is 90.6 Å². The van der Waals surface area contributed by atoms with Crippen LogP contribution in [0.15, 0.2) is 18.3 Å². The summed E-state index contributed by atoms with van der Waals surface area (Å²) in [5.41, 5.74) is 7.54. The first kappa shape index (κ1) is 11.9. The highest BCUT2D eigenvalue weighted by Crippen LogP contribution is 2.00. The molecule has 0 spiro atoms. The molecule has 0 amide bonds. The van der Waals surface area contributed by atoms with Gasteiger partial charge in [0.05, 0.1) is 12.2 Å². The third kappa shape index (κ3) is 4.22. The summed E-state index contributed by atoms with van der Waals surface area (Å²) in [6.45, 7) is 8.86. The molecule has 1 aromatic rings. The lowest BCUT2D eigenvalue weighted by Gasteiger charge is -2.14. The van der Waals surface area contributed by atoms with Crippen molar-refractivity contribution in [2.75, 3.05) is 20.1 Å². The number of likely N-dealkylation sites (N-methyl/N-ethyl adjacent to an activating group) is 1. The molecule has 2 N–H and O–H groups in total. The number of hydrogen-bond acceptors (Lipinski definition) is 4. The molecule has 0 aliphatic rings. The Kier molecular flexibility index (Phi) is 4.45. The summed E-state index contributed by atoms with van der Waals surface area (Å²) in [6.07, 6.45) is 1.93. The van der Waals surface area contributed by atoms with E-state index in [1.54, 1.807) is 4.68 Å². The molecule has 84 valence electrons. The molecule has 0 fully saturated rings. The van der Waals surface area contributed by atoms with E-state index in [-0.39, 0.29) is 0 Å². The first-order valence-electron chi connectivity index (χ1n) is 5.04. The van der Waals surface area contributed by atoms with Crippen molar-refractivity contribution in [2.45, 2.75) is 20.0 Å². The van der Waals surface area contributed by atoms with Crippen LogP contribution in [-0.2, 0) is 13.1 Å². The molecule has 1 heterocycles. The van der Waals surface area contributed by atoms with Crippen molar-refractivity contribution < 1.29 is 0 Å². The number of aromatic nitrogens is 3. The zero-order chi connectivity index (χ0) is 11.3. The van der Waals surface area contributed by atoms with Crippen molar-refractivity contribution in [1.29, 1.82) is 0 Å². The Morgan fingerprint density at radius 2 is 2.40 bits per heavy atom. The van der Waals surface area contributed by atoms with Crippen LogP contribution < -0.4 is 5.73 Å². The first-order chi connectivity index (χ1) is 7.11. The Bertz CT molecular complexity index is 317. The van der Waals surface area contributed by atoms with Crippen molar-refractivity contribution in [3.63, 3.8) is 0 Å². The minimum Gasteiger partial charge on any atom is -0.329 e. The van der Waals surface area contributed by atoms with Crippen LogP contribution in [0.25, 0.3) is 0 Å². The smallest absolute Gasteiger partial charge is 0.0967 e. The predicted octanol–water partition coefficient (Wildman–Crippen LogP) is 0.245. The Morgan fingerprint density at radius 1 is 1.67 bits per heavy atom. The molecule has 0 atom stereocenters. The van der Waals surface area contributed by atoms with Gasteiger partial charge in [-0.05, 0) is 14.0 Å². The molecular formula is C10H19N5. The molecule has 5 heteroatoms. The van der Waals surface area contributed by atoms with Crippen molar-refractivity contribution in [3.05, 3.63) is 24.0 Å². The monoisotopic (exact) mass is 209 g/mol. The summed E-state index contributed by atoms with van der Waals surface area (Å²) >= 11 is 0. The van der Waals surface area contributed by atoms with Gasteiger partial charge in [-0.2, -0.15) is 0 Å². The minimum absolute atomic E-state index is 0.588. The fraction of sp³-hybridized carbons (Fsp3) is 0.600. The van der Waals surface area contributed by atoms with E-state index >= 15 is 0 Å². The summed E-state index contributed by atoms with van der Waals surface area (Å²) in [6, 6.07) is 0. The van der Waals surface area contributed by atoms with Gasteiger partial charge in [0.1, 0.15) is 0 Å². The second-order valence-electron chi connectivity index (χ2n) is 3.89. The van der Waals surface area contributed by atoms with E-state index in [0.717, 1.165) is 30.9 Å². The molecule has 0 aliphatic carbocycles. The molecule has 0 saturated heterocycles. The van der Waals surface area contributed by atoms with E-state index in [0.29, 0.717) is 6.54 Å². The number of hydrogen-bond donors (Lipinski definition) is 1. The lowest BCUT2D eigenvalue weighted by Crippen LogP contribution is -2.19. The highest BCUT2D eigenvalue weighted by molar-refractivity contribution is 4.96. The van der Waals surface area contributed by atoms with Crippen LogP contribution in [0.3, 0.4) is 0 Å². The average Bonchev–Trinajstić information content (AvgIpc) is 2.51. The van der Waals surface area contributed by atoms with Crippen LogP contribution >= 0.6 is 0 Å². The van der Waals surface area contributed by atoms with E-state index in [4.69, 9.17) is 5.73 Å². The van der Waals surface area contributed by atoms with Gasteiger partial charge in [0, 0.05) is 25.8 Å². The topological polar surface area (TPSA) is 60.0 Å².